The van der Waals surface area contributed by atoms with Crippen molar-refractivity contribution in [2.45, 2.75) is 26.1 Å². The van der Waals surface area contributed by atoms with E-state index in [2.05, 4.69) is 10.4 Å². The van der Waals surface area contributed by atoms with E-state index in [1.54, 1.807) is 0 Å². The number of nitro groups is 1. The molecule has 0 aliphatic heterocycles. The lowest BCUT2D eigenvalue weighted by molar-refractivity contribution is -0.385. The molecule has 0 unspecified atom stereocenters. The lowest BCUT2D eigenvalue weighted by Crippen LogP contribution is -2.31. The highest BCUT2D eigenvalue weighted by Crippen LogP contribution is 2.37. The summed E-state index contributed by atoms with van der Waals surface area (Å²) in [6.07, 6.45) is -4.84. The molecule has 0 bridgehead atoms. The maximum absolute atomic E-state index is 14.1. The van der Waals surface area contributed by atoms with Crippen molar-refractivity contribution in [3.63, 3.8) is 0 Å². The summed E-state index contributed by atoms with van der Waals surface area (Å²) in [4.78, 5) is 34.9. The van der Waals surface area contributed by atoms with Crippen LogP contribution in [0.2, 0.25) is 0 Å². The average molecular weight is 464 g/mol. The van der Waals surface area contributed by atoms with E-state index in [0.29, 0.717) is 10.7 Å². The highest BCUT2D eigenvalue weighted by molar-refractivity contribution is 5.92. The maximum atomic E-state index is 14.1. The van der Waals surface area contributed by atoms with Crippen LogP contribution in [0, 0.1) is 22.9 Å². The van der Waals surface area contributed by atoms with Gasteiger partial charge in [-0.15, -0.1) is 0 Å². The summed E-state index contributed by atoms with van der Waals surface area (Å²) in [7, 11) is 0. The van der Waals surface area contributed by atoms with Crippen molar-refractivity contribution in [2.24, 2.45) is 0 Å². The van der Waals surface area contributed by atoms with Gasteiger partial charge in [0.25, 0.3) is 17.2 Å². The molecular formula is C21H16F4N4O4. The van der Waals surface area contributed by atoms with Crippen molar-refractivity contribution in [3.05, 3.63) is 97.2 Å². The summed E-state index contributed by atoms with van der Waals surface area (Å²) in [6, 6.07) is 7.59. The van der Waals surface area contributed by atoms with Crippen LogP contribution in [0.3, 0.4) is 0 Å². The molecule has 8 nitrogen and oxygen atoms in total. The number of rotatable bonds is 5. The smallest absolute Gasteiger partial charge is 0.344 e. The van der Waals surface area contributed by atoms with Crippen molar-refractivity contribution in [1.29, 1.82) is 0 Å². The highest BCUT2D eigenvalue weighted by atomic mass is 19.4. The lowest BCUT2D eigenvalue weighted by Gasteiger charge is -2.20. The first-order valence-electron chi connectivity index (χ1n) is 9.42. The Balaban J connectivity index is 1.97. The largest absolute Gasteiger partial charge is 0.416 e. The normalized spacial score (nSPS) is 12.3. The van der Waals surface area contributed by atoms with Crippen molar-refractivity contribution >= 4 is 11.6 Å². The summed E-state index contributed by atoms with van der Waals surface area (Å²) in [6.45, 7) is 2.48. The molecule has 1 atom stereocenters. The zero-order valence-corrected chi connectivity index (χ0v) is 17.2. The molecule has 1 heterocycles. The van der Waals surface area contributed by atoms with Crippen LogP contribution in [0.25, 0.3) is 5.69 Å². The van der Waals surface area contributed by atoms with Gasteiger partial charge in [0.05, 0.1) is 16.5 Å². The number of para-hydroxylation sites is 1. The van der Waals surface area contributed by atoms with Crippen LogP contribution in [0.4, 0.5) is 23.2 Å². The molecule has 33 heavy (non-hydrogen) atoms. The van der Waals surface area contributed by atoms with Crippen LogP contribution < -0.4 is 10.9 Å². The number of non-ortho nitro benzene ring substituents is 1. The van der Waals surface area contributed by atoms with Gasteiger partial charge < -0.3 is 5.32 Å². The number of hydrogen-bond acceptors (Lipinski definition) is 5. The zero-order chi connectivity index (χ0) is 24.5. The second-order valence-electron chi connectivity index (χ2n) is 7.08. The molecule has 0 spiro atoms. The van der Waals surface area contributed by atoms with E-state index >= 15 is 0 Å². The Morgan fingerprint density at radius 3 is 2.45 bits per heavy atom. The van der Waals surface area contributed by atoms with Crippen LogP contribution in [0.5, 0.6) is 0 Å². The van der Waals surface area contributed by atoms with Gasteiger partial charge in [-0.3, -0.25) is 19.7 Å². The quantitative estimate of drug-likeness (QED) is 0.348. The van der Waals surface area contributed by atoms with E-state index in [1.165, 1.54) is 25.1 Å². The van der Waals surface area contributed by atoms with Crippen molar-refractivity contribution in [3.8, 4) is 5.69 Å². The zero-order valence-electron chi connectivity index (χ0n) is 17.2. The molecule has 0 saturated carbocycles. The average Bonchev–Trinajstić information content (AvgIpc) is 2.73. The molecule has 2 aromatic carbocycles. The molecular weight excluding hydrogens is 448 g/mol. The predicted octanol–water partition coefficient (Wildman–Crippen LogP) is 4.10. The molecule has 12 heteroatoms. The van der Waals surface area contributed by atoms with Crippen LogP contribution in [0.15, 0.2) is 53.3 Å². The Bertz CT molecular complexity index is 1300. The Labute approximate surface area is 183 Å². The van der Waals surface area contributed by atoms with Gasteiger partial charge in [-0.05, 0) is 43.2 Å². The monoisotopic (exact) mass is 464 g/mol. The summed E-state index contributed by atoms with van der Waals surface area (Å²) < 4.78 is 54.8. The molecule has 0 saturated heterocycles. The highest BCUT2D eigenvalue weighted by Gasteiger charge is 2.36. The Morgan fingerprint density at radius 2 is 1.85 bits per heavy atom. The fourth-order valence-electron chi connectivity index (χ4n) is 3.25. The second kappa shape index (κ2) is 8.81. The van der Waals surface area contributed by atoms with Gasteiger partial charge in [-0.2, -0.15) is 23.0 Å². The number of carbonyl (C=O) groups is 1. The first kappa shape index (κ1) is 23.6. The van der Waals surface area contributed by atoms with Crippen molar-refractivity contribution in [2.75, 3.05) is 0 Å². The minimum Gasteiger partial charge on any atom is -0.344 e. The molecule has 1 aromatic heterocycles. The minimum atomic E-state index is -4.84. The first-order valence-corrected chi connectivity index (χ1v) is 9.42. The fraction of sp³-hybridized carbons (Fsp3) is 0.190. The van der Waals surface area contributed by atoms with Gasteiger partial charge in [0, 0.05) is 18.2 Å². The second-order valence-corrected chi connectivity index (χ2v) is 7.08. The van der Waals surface area contributed by atoms with Gasteiger partial charge in [-0.1, -0.05) is 12.1 Å². The summed E-state index contributed by atoms with van der Waals surface area (Å²) in [5.41, 5.74) is -3.61. The number of aromatic nitrogens is 2. The summed E-state index contributed by atoms with van der Waals surface area (Å²) >= 11 is 0. The summed E-state index contributed by atoms with van der Waals surface area (Å²) in [5.74, 6) is -1.64. The molecule has 172 valence electrons. The van der Waals surface area contributed by atoms with E-state index in [9.17, 15) is 37.3 Å². The number of nitrogens with zero attached hydrogens (tertiary/aromatic N) is 3. The van der Waals surface area contributed by atoms with E-state index in [-0.39, 0.29) is 22.5 Å². The number of benzene rings is 2. The van der Waals surface area contributed by atoms with E-state index < -0.39 is 45.7 Å². The number of nitro benzene ring substituents is 1. The third-order valence-corrected chi connectivity index (χ3v) is 4.88. The molecule has 3 rings (SSSR count). The topological polar surface area (TPSA) is 107 Å². The number of carbonyl (C=O) groups excluding carboxylic acids is 1. The minimum absolute atomic E-state index is 0.118. The SMILES string of the molecule is Cc1c([C@@H](C)NC(=O)c2ccc(=O)n(-c3ccccc3F)n2)cc([N+](=O)[O-])cc1C(F)(F)F. The standard InChI is InChI=1S/C21H16F4N4O4/c1-11-14(9-13(29(32)33)10-15(11)21(23,24)25)12(2)26-20(31)17-7-8-19(30)28(27-17)18-6-4-3-5-16(18)22/h3-10,12H,1-2H3,(H,26,31)/t12-/m1/s1. The number of alkyl halides is 3. The first-order chi connectivity index (χ1) is 15.4. The number of halogens is 4. The maximum Gasteiger partial charge on any atom is 0.416 e. The van der Waals surface area contributed by atoms with Crippen LogP contribution in [-0.4, -0.2) is 20.6 Å². The van der Waals surface area contributed by atoms with Gasteiger partial charge in [0.1, 0.15) is 17.2 Å². The van der Waals surface area contributed by atoms with Gasteiger partial charge in [0.2, 0.25) is 0 Å². The van der Waals surface area contributed by atoms with Crippen LogP contribution in [-0.2, 0) is 6.18 Å². The molecule has 1 N–H and O–H groups in total. The third kappa shape index (κ3) is 4.89. The molecule has 3 aromatic rings. The van der Waals surface area contributed by atoms with Crippen LogP contribution >= 0.6 is 0 Å². The van der Waals surface area contributed by atoms with Gasteiger partial charge >= 0.3 is 6.18 Å². The van der Waals surface area contributed by atoms with Crippen LogP contribution in [0.1, 0.15) is 40.1 Å². The Kier molecular flexibility index (Phi) is 6.29. The molecule has 0 aliphatic rings. The number of nitrogens with one attached hydrogen (secondary N) is 1. The Hall–Kier alpha value is -4.09. The molecule has 1 amide bonds. The van der Waals surface area contributed by atoms with Gasteiger partial charge in [0.15, 0.2) is 0 Å². The number of amides is 1. The molecule has 0 fully saturated rings. The van der Waals surface area contributed by atoms with E-state index in [4.69, 9.17) is 0 Å². The van der Waals surface area contributed by atoms with Crippen molar-refractivity contribution < 1.29 is 27.3 Å². The lowest BCUT2D eigenvalue weighted by atomic mass is 9.96. The summed E-state index contributed by atoms with van der Waals surface area (Å²) in [5, 5.41) is 17.4. The molecule has 0 radical (unpaired) electrons. The van der Waals surface area contributed by atoms with Crippen molar-refractivity contribution in [1.82, 2.24) is 15.1 Å². The molecule has 0 aliphatic carbocycles. The van der Waals surface area contributed by atoms with E-state index in [0.717, 1.165) is 31.2 Å². The fourth-order valence-corrected chi connectivity index (χ4v) is 3.25. The predicted molar refractivity (Wildman–Crippen MR) is 109 cm³/mol. The Morgan fingerprint density at radius 1 is 1.18 bits per heavy atom. The van der Waals surface area contributed by atoms with Gasteiger partial charge in [-0.25, -0.2) is 4.39 Å². The van der Waals surface area contributed by atoms with E-state index in [1.807, 2.05) is 0 Å². The third-order valence-electron chi connectivity index (χ3n) is 4.88. The number of hydrogen-bond donors (Lipinski definition) is 1.